The molecule has 6 heteroatoms. The molecule has 122 valence electrons. The Hall–Kier alpha value is -3.02. The lowest BCUT2D eigenvalue weighted by atomic mass is 10.1. The Morgan fingerprint density at radius 3 is 2.46 bits per heavy atom. The van der Waals surface area contributed by atoms with E-state index in [2.05, 4.69) is 32.6 Å². The summed E-state index contributed by atoms with van der Waals surface area (Å²) in [5.41, 5.74) is 7.66. The molecule has 1 aromatic carbocycles. The first-order chi connectivity index (χ1) is 11.5. The van der Waals surface area contributed by atoms with Crippen LogP contribution in [0.2, 0.25) is 0 Å². The van der Waals surface area contributed by atoms with Crippen LogP contribution in [0, 0.1) is 27.7 Å². The van der Waals surface area contributed by atoms with Gasteiger partial charge in [0.25, 0.3) is 0 Å². The molecule has 0 aliphatic rings. The maximum absolute atomic E-state index is 5.22. The summed E-state index contributed by atoms with van der Waals surface area (Å²) in [7, 11) is 0. The van der Waals surface area contributed by atoms with Crippen molar-refractivity contribution in [3.63, 3.8) is 0 Å². The fourth-order valence-electron chi connectivity index (χ4n) is 2.43. The van der Waals surface area contributed by atoms with Gasteiger partial charge in [-0.15, -0.1) is 0 Å². The molecule has 0 aliphatic heterocycles. The maximum atomic E-state index is 5.22. The van der Waals surface area contributed by atoms with Crippen molar-refractivity contribution in [2.75, 3.05) is 5.43 Å². The summed E-state index contributed by atoms with van der Waals surface area (Å²) in [5.74, 6) is 2.01. The van der Waals surface area contributed by atoms with Gasteiger partial charge in [-0.05, 0) is 33.3 Å². The topological polar surface area (TPSA) is 76.2 Å². The van der Waals surface area contributed by atoms with Gasteiger partial charge in [-0.2, -0.15) is 5.10 Å². The summed E-state index contributed by atoms with van der Waals surface area (Å²) in [4.78, 5) is 8.83. The zero-order valence-corrected chi connectivity index (χ0v) is 14.2. The molecule has 2 heterocycles. The molecule has 0 spiro atoms. The van der Waals surface area contributed by atoms with E-state index < -0.39 is 0 Å². The van der Waals surface area contributed by atoms with Crippen LogP contribution in [0.5, 0.6) is 0 Å². The van der Waals surface area contributed by atoms with Gasteiger partial charge in [0, 0.05) is 6.07 Å². The number of benzene rings is 1. The summed E-state index contributed by atoms with van der Waals surface area (Å²) in [6.45, 7) is 7.66. The first-order valence-electron chi connectivity index (χ1n) is 7.67. The smallest absolute Gasteiger partial charge is 0.150 e. The molecule has 0 radical (unpaired) electrons. The number of hydrogen-bond donors (Lipinski definition) is 1. The molecular weight excluding hydrogens is 302 g/mol. The van der Waals surface area contributed by atoms with Crippen LogP contribution in [0.25, 0.3) is 11.3 Å². The highest BCUT2D eigenvalue weighted by Gasteiger charge is 2.14. The summed E-state index contributed by atoms with van der Waals surface area (Å²) in [6, 6.07) is 9.96. The number of nitrogens with zero attached hydrogens (tertiary/aromatic N) is 4. The number of hydrogen-bond acceptors (Lipinski definition) is 6. The van der Waals surface area contributed by atoms with E-state index in [4.69, 9.17) is 4.52 Å². The van der Waals surface area contributed by atoms with E-state index in [1.54, 1.807) is 6.21 Å². The second-order valence-electron chi connectivity index (χ2n) is 5.67. The molecule has 0 unspecified atom stereocenters. The molecule has 0 fully saturated rings. The second-order valence-corrected chi connectivity index (χ2v) is 5.67. The average Bonchev–Trinajstić information content (AvgIpc) is 2.88. The highest BCUT2D eigenvalue weighted by Crippen LogP contribution is 2.26. The van der Waals surface area contributed by atoms with Crippen molar-refractivity contribution < 1.29 is 4.52 Å². The number of anilines is 1. The van der Waals surface area contributed by atoms with Crippen molar-refractivity contribution in [2.24, 2.45) is 5.10 Å². The normalized spacial score (nSPS) is 11.2. The minimum atomic E-state index is 0.626. The number of hydrazone groups is 1. The molecule has 0 saturated heterocycles. The van der Waals surface area contributed by atoms with Gasteiger partial charge in [-0.3, -0.25) is 5.43 Å². The van der Waals surface area contributed by atoms with Crippen LogP contribution in [0.15, 0.2) is 40.0 Å². The first kappa shape index (κ1) is 15.9. The Balaban J connectivity index is 1.83. The quantitative estimate of drug-likeness (QED) is 0.584. The molecule has 3 aromatic rings. The SMILES string of the molecule is Cc1ccc(/C=N/Nc2cc(-c3c(C)noc3C)nc(C)n2)cc1. The van der Waals surface area contributed by atoms with Crippen LogP contribution < -0.4 is 5.43 Å². The predicted molar refractivity (Wildman–Crippen MR) is 94.1 cm³/mol. The van der Waals surface area contributed by atoms with Gasteiger partial charge >= 0.3 is 0 Å². The van der Waals surface area contributed by atoms with Crippen LogP contribution in [0.1, 0.15) is 28.4 Å². The van der Waals surface area contributed by atoms with E-state index in [9.17, 15) is 0 Å². The summed E-state index contributed by atoms with van der Waals surface area (Å²) in [5, 5.41) is 8.22. The number of aromatic nitrogens is 3. The van der Waals surface area contributed by atoms with E-state index in [0.717, 1.165) is 28.3 Å². The lowest BCUT2D eigenvalue weighted by Crippen LogP contribution is -1.99. The molecular formula is C18H19N5O. The van der Waals surface area contributed by atoms with Crippen LogP contribution in [0.3, 0.4) is 0 Å². The van der Waals surface area contributed by atoms with Crippen LogP contribution in [-0.2, 0) is 0 Å². The van der Waals surface area contributed by atoms with Gasteiger partial charge in [0.1, 0.15) is 17.4 Å². The van der Waals surface area contributed by atoms with E-state index in [1.807, 2.05) is 51.1 Å². The van der Waals surface area contributed by atoms with Gasteiger partial charge in [0.2, 0.25) is 0 Å². The Morgan fingerprint density at radius 2 is 1.79 bits per heavy atom. The van der Waals surface area contributed by atoms with Gasteiger partial charge in [-0.1, -0.05) is 35.0 Å². The summed E-state index contributed by atoms with van der Waals surface area (Å²) >= 11 is 0. The Labute approximate surface area is 140 Å². The number of rotatable bonds is 4. The summed E-state index contributed by atoms with van der Waals surface area (Å²) < 4.78 is 5.22. The molecule has 0 aliphatic carbocycles. The predicted octanol–water partition coefficient (Wildman–Crippen LogP) is 3.81. The van der Waals surface area contributed by atoms with Crippen molar-refractivity contribution in [3.8, 4) is 11.3 Å². The fraction of sp³-hybridized carbons (Fsp3) is 0.222. The molecule has 6 nitrogen and oxygen atoms in total. The minimum absolute atomic E-state index is 0.626. The summed E-state index contributed by atoms with van der Waals surface area (Å²) in [6.07, 6.45) is 1.76. The van der Waals surface area contributed by atoms with Crippen LogP contribution >= 0.6 is 0 Å². The molecule has 0 amide bonds. The van der Waals surface area contributed by atoms with E-state index in [-0.39, 0.29) is 0 Å². The fourth-order valence-corrected chi connectivity index (χ4v) is 2.43. The molecule has 24 heavy (non-hydrogen) atoms. The van der Waals surface area contributed by atoms with E-state index in [0.29, 0.717) is 11.6 Å². The zero-order chi connectivity index (χ0) is 17.1. The van der Waals surface area contributed by atoms with Crippen molar-refractivity contribution >= 4 is 12.0 Å². The van der Waals surface area contributed by atoms with Crippen molar-refractivity contribution in [3.05, 3.63) is 58.7 Å². The second kappa shape index (κ2) is 6.62. The van der Waals surface area contributed by atoms with Crippen molar-refractivity contribution in [1.82, 2.24) is 15.1 Å². The molecule has 0 atom stereocenters. The highest BCUT2D eigenvalue weighted by molar-refractivity contribution is 5.80. The molecule has 0 bridgehead atoms. The van der Waals surface area contributed by atoms with Gasteiger partial charge in [0.15, 0.2) is 0 Å². The van der Waals surface area contributed by atoms with Crippen LogP contribution in [0.4, 0.5) is 5.82 Å². The minimum Gasteiger partial charge on any atom is -0.361 e. The third kappa shape index (κ3) is 3.48. The highest BCUT2D eigenvalue weighted by atomic mass is 16.5. The van der Waals surface area contributed by atoms with Crippen molar-refractivity contribution in [2.45, 2.75) is 27.7 Å². The third-order valence-electron chi connectivity index (χ3n) is 3.60. The first-order valence-corrected chi connectivity index (χ1v) is 7.67. The monoisotopic (exact) mass is 321 g/mol. The molecule has 1 N–H and O–H groups in total. The van der Waals surface area contributed by atoms with Crippen LogP contribution in [-0.4, -0.2) is 21.3 Å². The maximum Gasteiger partial charge on any atom is 0.150 e. The molecule has 2 aromatic heterocycles. The third-order valence-corrected chi connectivity index (χ3v) is 3.60. The van der Waals surface area contributed by atoms with E-state index in [1.165, 1.54) is 5.56 Å². The lowest BCUT2D eigenvalue weighted by Gasteiger charge is -2.05. The Kier molecular flexibility index (Phi) is 4.37. The molecule has 0 saturated carbocycles. The number of aryl methyl sites for hydroxylation is 4. The van der Waals surface area contributed by atoms with Gasteiger partial charge in [0.05, 0.1) is 23.2 Å². The number of nitrogens with one attached hydrogen (secondary N) is 1. The zero-order valence-electron chi connectivity index (χ0n) is 14.2. The Morgan fingerprint density at radius 1 is 1.04 bits per heavy atom. The standard InChI is InChI=1S/C18H19N5O/c1-11-5-7-15(8-6-11)10-19-22-17-9-16(20-14(4)21-17)18-12(2)23-24-13(18)3/h5-10H,1-4H3,(H,20,21,22)/b19-10+. The van der Waals surface area contributed by atoms with Crippen molar-refractivity contribution in [1.29, 1.82) is 0 Å². The van der Waals surface area contributed by atoms with Gasteiger partial charge < -0.3 is 4.52 Å². The lowest BCUT2D eigenvalue weighted by molar-refractivity contribution is 0.393. The van der Waals surface area contributed by atoms with Gasteiger partial charge in [-0.25, -0.2) is 9.97 Å². The largest absolute Gasteiger partial charge is 0.361 e. The average molecular weight is 321 g/mol. The van der Waals surface area contributed by atoms with E-state index >= 15 is 0 Å². The Bertz CT molecular complexity index is 861. The molecule has 3 rings (SSSR count).